The van der Waals surface area contributed by atoms with Crippen molar-refractivity contribution in [3.8, 4) is 5.75 Å². The largest absolute Gasteiger partial charge is 0.491 e. The lowest BCUT2D eigenvalue weighted by Crippen LogP contribution is -2.27. The monoisotopic (exact) mass is 373 g/mol. The zero-order valence-electron chi connectivity index (χ0n) is 15.4. The molecular weight excluding hydrogens is 346 g/mol. The van der Waals surface area contributed by atoms with Gasteiger partial charge in [-0.2, -0.15) is 0 Å². The molecule has 0 saturated heterocycles. The van der Waals surface area contributed by atoms with Crippen LogP contribution in [0.2, 0.25) is 0 Å². The number of aliphatic hydroxyl groups is 1. The Balaban J connectivity index is 1.61. The molecule has 1 atom stereocenters. The van der Waals surface area contributed by atoms with Crippen LogP contribution in [0.1, 0.15) is 31.1 Å². The van der Waals surface area contributed by atoms with Crippen molar-refractivity contribution in [1.82, 2.24) is 5.32 Å². The highest BCUT2D eigenvalue weighted by Gasteiger charge is 2.08. The number of thioether (sulfide) groups is 1. The van der Waals surface area contributed by atoms with Gasteiger partial charge >= 0.3 is 0 Å². The smallest absolute Gasteiger partial charge is 0.230 e. The van der Waals surface area contributed by atoms with Gasteiger partial charge < -0.3 is 15.2 Å². The SMILES string of the molecule is CC(C)Oc1ccc(CCNC(=O)CSCC(O)c2ccccc2)cc1. The minimum atomic E-state index is -0.541. The van der Waals surface area contributed by atoms with Gasteiger partial charge in [0.1, 0.15) is 5.75 Å². The second kappa shape index (κ2) is 10.9. The molecule has 4 nitrogen and oxygen atoms in total. The second-order valence-corrected chi connectivity index (χ2v) is 7.38. The average Bonchev–Trinajstić information content (AvgIpc) is 2.63. The van der Waals surface area contributed by atoms with Gasteiger partial charge in [0.2, 0.25) is 5.91 Å². The Morgan fingerprint density at radius 3 is 2.46 bits per heavy atom. The third kappa shape index (κ3) is 7.50. The number of benzene rings is 2. The third-order valence-corrected chi connectivity index (χ3v) is 4.74. The zero-order valence-corrected chi connectivity index (χ0v) is 16.2. The van der Waals surface area contributed by atoms with E-state index in [1.807, 2.05) is 68.4 Å². The molecule has 0 radical (unpaired) electrons. The summed E-state index contributed by atoms with van der Waals surface area (Å²) in [6.07, 6.45) is 0.406. The van der Waals surface area contributed by atoms with Crippen molar-refractivity contribution in [3.63, 3.8) is 0 Å². The van der Waals surface area contributed by atoms with Crippen LogP contribution in [0.3, 0.4) is 0 Å². The third-order valence-electron chi connectivity index (χ3n) is 3.72. The van der Waals surface area contributed by atoms with Crippen molar-refractivity contribution in [2.75, 3.05) is 18.1 Å². The Kier molecular flexibility index (Phi) is 8.51. The number of amides is 1. The summed E-state index contributed by atoms with van der Waals surface area (Å²) < 4.78 is 5.61. The number of carbonyl (C=O) groups excluding carboxylic acids is 1. The van der Waals surface area contributed by atoms with Gasteiger partial charge in [-0.1, -0.05) is 42.5 Å². The van der Waals surface area contributed by atoms with E-state index < -0.39 is 6.10 Å². The normalized spacial score (nSPS) is 12.0. The number of carbonyl (C=O) groups is 1. The topological polar surface area (TPSA) is 58.6 Å². The molecule has 0 aliphatic rings. The molecule has 0 saturated carbocycles. The standard InChI is InChI=1S/C21H27NO3S/c1-16(2)25-19-10-8-17(9-11-19)12-13-22-21(24)15-26-14-20(23)18-6-4-3-5-7-18/h3-11,16,20,23H,12-15H2,1-2H3,(H,22,24). The van der Waals surface area contributed by atoms with Crippen molar-refractivity contribution in [3.05, 3.63) is 65.7 Å². The molecule has 2 aromatic rings. The van der Waals surface area contributed by atoms with Gasteiger partial charge in [0.25, 0.3) is 0 Å². The molecule has 26 heavy (non-hydrogen) atoms. The Morgan fingerprint density at radius 1 is 1.12 bits per heavy atom. The number of hydrogen-bond acceptors (Lipinski definition) is 4. The molecule has 2 aromatic carbocycles. The molecule has 0 heterocycles. The van der Waals surface area contributed by atoms with E-state index in [0.29, 0.717) is 18.1 Å². The number of ether oxygens (including phenoxy) is 1. The van der Waals surface area contributed by atoms with Crippen LogP contribution in [0.15, 0.2) is 54.6 Å². The Morgan fingerprint density at radius 2 is 1.81 bits per heavy atom. The van der Waals surface area contributed by atoms with Crippen LogP contribution in [-0.2, 0) is 11.2 Å². The lowest BCUT2D eigenvalue weighted by molar-refractivity contribution is -0.118. The summed E-state index contributed by atoms with van der Waals surface area (Å²) >= 11 is 1.44. The summed E-state index contributed by atoms with van der Waals surface area (Å²) in [4.78, 5) is 11.9. The van der Waals surface area contributed by atoms with Gasteiger partial charge in [-0.05, 0) is 43.5 Å². The van der Waals surface area contributed by atoms with E-state index in [9.17, 15) is 9.90 Å². The fraction of sp³-hybridized carbons (Fsp3) is 0.381. The maximum absolute atomic E-state index is 11.9. The molecule has 5 heteroatoms. The van der Waals surface area contributed by atoms with E-state index in [4.69, 9.17) is 4.74 Å². The van der Waals surface area contributed by atoms with Crippen molar-refractivity contribution in [1.29, 1.82) is 0 Å². The van der Waals surface area contributed by atoms with Gasteiger partial charge in [0, 0.05) is 12.3 Å². The van der Waals surface area contributed by atoms with Crippen LogP contribution < -0.4 is 10.1 Å². The number of hydrogen-bond donors (Lipinski definition) is 2. The summed E-state index contributed by atoms with van der Waals surface area (Å²) in [6.45, 7) is 4.60. The molecule has 1 unspecified atom stereocenters. The highest BCUT2D eigenvalue weighted by Crippen LogP contribution is 2.17. The minimum Gasteiger partial charge on any atom is -0.491 e. The van der Waals surface area contributed by atoms with E-state index >= 15 is 0 Å². The summed E-state index contributed by atoms with van der Waals surface area (Å²) in [5.74, 6) is 1.72. The fourth-order valence-electron chi connectivity index (χ4n) is 2.44. The maximum Gasteiger partial charge on any atom is 0.230 e. The lowest BCUT2D eigenvalue weighted by atomic mass is 10.1. The first-order valence-electron chi connectivity index (χ1n) is 8.87. The highest BCUT2D eigenvalue weighted by molar-refractivity contribution is 7.99. The molecule has 0 aliphatic heterocycles. The van der Waals surface area contributed by atoms with Gasteiger partial charge in [0.15, 0.2) is 0 Å². The quantitative estimate of drug-likeness (QED) is 0.668. The molecule has 2 N–H and O–H groups in total. The second-order valence-electron chi connectivity index (χ2n) is 6.35. The van der Waals surface area contributed by atoms with Crippen molar-refractivity contribution in [2.45, 2.75) is 32.5 Å². The Hall–Kier alpha value is -1.98. The predicted octanol–water partition coefficient (Wildman–Crippen LogP) is 3.60. The van der Waals surface area contributed by atoms with Crippen molar-refractivity contribution < 1.29 is 14.6 Å². The first-order chi connectivity index (χ1) is 12.5. The van der Waals surface area contributed by atoms with E-state index in [0.717, 1.165) is 23.3 Å². The fourth-order valence-corrected chi connectivity index (χ4v) is 3.26. The van der Waals surface area contributed by atoms with Crippen LogP contribution in [0, 0.1) is 0 Å². The molecule has 0 bridgehead atoms. The molecule has 0 fully saturated rings. The number of nitrogens with one attached hydrogen (secondary N) is 1. The lowest BCUT2D eigenvalue weighted by Gasteiger charge is -2.11. The molecular formula is C21H27NO3S. The predicted molar refractivity (Wildman–Crippen MR) is 108 cm³/mol. The van der Waals surface area contributed by atoms with Crippen LogP contribution in [0.5, 0.6) is 5.75 Å². The van der Waals surface area contributed by atoms with E-state index in [1.54, 1.807) is 0 Å². The number of aliphatic hydroxyl groups excluding tert-OH is 1. The average molecular weight is 374 g/mol. The Labute approximate surface area is 160 Å². The van der Waals surface area contributed by atoms with Crippen LogP contribution >= 0.6 is 11.8 Å². The van der Waals surface area contributed by atoms with E-state index in [-0.39, 0.29) is 12.0 Å². The molecule has 0 aromatic heterocycles. The van der Waals surface area contributed by atoms with Crippen molar-refractivity contribution in [2.24, 2.45) is 0 Å². The maximum atomic E-state index is 11.9. The summed E-state index contributed by atoms with van der Waals surface area (Å²) in [5.41, 5.74) is 2.04. The van der Waals surface area contributed by atoms with Gasteiger partial charge in [0.05, 0.1) is 18.0 Å². The minimum absolute atomic E-state index is 0.00461. The first kappa shape index (κ1) is 20.3. The van der Waals surface area contributed by atoms with E-state index in [2.05, 4.69) is 5.32 Å². The molecule has 140 valence electrons. The van der Waals surface area contributed by atoms with Gasteiger partial charge in [-0.3, -0.25) is 4.79 Å². The van der Waals surface area contributed by atoms with E-state index in [1.165, 1.54) is 11.8 Å². The summed E-state index contributed by atoms with van der Waals surface area (Å²) in [7, 11) is 0. The number of rotatable bonds is 10. The highest BCUT2D eigenvalue weighted by atomic mass is 32.2. The van der Waals surface area contributed by atoms with Crippen LogP contribution in [0.25, 0.3) is 0 Å². The molecule has 0 spiro atoms. The molecule has 0 aliphatic carbocycles. The molecule has 2 rings (SSSR count). The zero-order chi connectivity index (χ0) is 18.8. The van der Waals surface area contributed by atoms with Gasteiger partial charge in [-0.25, -0.2) is 0 Å². The Bertz CT molecular complexity index is 659. The van der Waals surface area contributed by atoms with Crippen LogP contribution in [0.4, 0.5) is 0 Å². The first-order valence-corrected chi connectivity index (χ1v) is 10.0. The summed E-state index contributed by atoms with van der Waals surface area (Å²) in [6, 6.07) is 17.5. The van der Waals surface area contributed by atoms with Gasteiger partial charge in [-0.15, -0.1) is 11.8 Å². The van der Waals surface area contributed by atoms with Crippen LogP contribution in [-0.4, -0.2) is 35.2 Å². The van der Waals surface area contributed by atoms with Crippen molar-refractivity contribution >= 4 is 17.7 Å². The molecule has 1 amide bonds. The summed E-state index contributed by atoms with van der Waals surface area (Å²) in [5, 5.41) is 13.0.